The SMILES string of the molecule is COc1ccc(Br)c(CSc2cc(Br)ccc2C(=O)O)c1. The van der Waals surface area contributed by atoms with Crippen molar-refractivity contribution < 1.29 is 14.6 Å². The number of carboxylic acid groups (broad SMARTS) is 1. The lowest BCUT2D eigenvalue weighted by atomic mass is 10.2. The van der Waals surface area contributed by atoms with Gasteiger partial charge >= 0.3 is 5.97 Å². The first-order valence-electron chi connectivity index (χ1n) is 5.99. The van der Waals surface area contributed by atoms with Crippen molar-refractivity contribution in [1.29, 1.82) is 0 Å². The van der Waals surface area contributed by atoms with E-state index in [0.717, 1.165) is 25.2 Å². The highest BCUT2D eigenvalue weighted by Gasteiger charge is 2.12. The van der Waals surface area contributed by atoms with Crippen LogP contribution in [0.1, 0.15) is 15.9 Å². The predicted molar refractivity (Wildman–Crippen MR) is 91.4 cm³/mol. The Balaban J connectivity index is 2.24. The van der Waals surface area contributed by atoms with E-state index in [1.165, 1.54) is 11.8 Å². The molecule has 0 bridgehead atoms. The van der Waals surface area contributed by atoms with Crippen LogP contribution in [-0.2, 0) is 5.75 Å². The Labute approximate surface area is 144 Å². The third-order valence-corrected chi connectivity index (χ3v) is 5.18. The topological polar surface area (TPSA) is 46.5 Å². The molecule has 3 nitrogen and oxygen atoms in total. The lowest BCUT2D eigenvalue weighted by molar-refractivity contribution is 0.0693. The monoisotopic (exact) mass is 430 g/mol. The highest BCUT2D eigenvalue weighted by molar-refractivity contribution is 9.10. The van der Waals surface area contributed by atoms with Gasteiger partial charge in [0, 0.05) is 19.6 Å². The summed E-state index contributed by atoms with van der Waals surface area (Å²) in [7, 11) is 1.62. The van der Waals surface area contributed by atoms with Gasteiger partial charge in [0.2, 0.25) is 0 Å². The van der Waals surface area contributed by atoms with Crippen molar-refractivity contribution in [1.82, 2.24) is 0 Å². The van der Waals surface area contributed by atoms with Gasteiger partial charge in [-0.05, 0) is 42.0 Å². The van der Waals surface area contributed by atoms with Gasteiger partial charge < -0.3 is 9.84 Å². The number of thioether (sulfide) groups is 1. The van der Waals surface area contributed by atoms with Gasteiger partial charge in [0.05, 0.1) is 12.7 Å². The first-order chi connectivity index (χ1) is 10.0. The molecule has 0 saturated heterocycles. The van der Waals surface area contributed by atoms with Crippen molar-refractivity contribution in [2.45, 2.75) is 10.6 Å². The van der Waals surface area contributed by atoms with E-state index >= 15 is 0 Å². The molecule has 0 radical (unpaired) electrons. The van der Waals surface area contributed by atoms with E-state index < -0.39 is 5.97 Å². The summed E-state index contributed by atoms with van der Waals surface area (Å²) in [4.78, 5) is 12.0. The van der Waals surface area contributed by atoms with Crippen LogP contribution in [0.4, 0.5) is 0 Å². The molecule has 0 spiro atoms. The quantitative estimate of drug-likeness (QED) is 0.660. The van der Waals surface area contributed by atoms with Gasteiger partial charge in [-0.15, -0.1) is 11.8 Å². The van der Waals surface area contributed by atoms with Crippen molar-refractivity contribution in [3.8, 4) is 5.75 Å². The van der Waals surface area contributed by atoms with Crippen LogP contribution in [0.3, 0.4) is 0 Å². The molecule has 0 heterocycles. The third kappa shape index (κ3) is 4.25. The van der Waals surface area contributed by atoms with Crippen LogP contribution in [0.5, 0.6) is 5.75 Å². The largest absolute Gasteiger partial charge is 0.497 e. The summed E-state index contributed by atoms with van der Waals surface area (Å²) in [6, 6.07) is 10.9. The normalized spacial score (nSPS) is 10.4. The van der Waals surface area contributed by atoms with Crippen LogP contribution in [0.2, 0.25) is 0 Å². The Bertz CT molecular complexity index is 674. The number of hydrogen-bond acceptors (Lipinski definition) is 3. The molecule has 0 fully saturated rings. The number of methoxy groups -OCH3 is 1. The average Bonchev–Trinajstić information content (AvgIpc) is 2.46. The van der Waals surface area contributed by atoms with Crippen molar-refractivity contribution in [2.24, 2.45) is 0 Å². The van der Waals surface area contributed by atoms with Crippen molar-refractivity contribution >= 4 is 49.6 Å². The van der Waals surface area contributed by atoms with Crippen LogP contribution in [0.25, 0.3) is 0 Å². The number of rotatable bonds is 5. The second-order valence-electron chi connectivity index (χ2n) is 4.19. The fraction of sp³-hybridized carbons (Fsp3) is 0.133. The van der Waals surface area contributed by atoms with E-state index in [9.17, 15) is 9.90 Å². The minimum Gasteiger partial charge on any atom is -0.497 e. The number of hydrogen-bond donors (Lipinski definition) is 1. The van der Waals surface area contributed by atoms with Gasteiger partial charge in [-0.25, -0.2) is 4.79 Å². The van der Waals surface area contributed by atoms with Gasteiger partial charge in [0.25, 0.3) is 0 Å². The molecule has 1 N–H and O–H groups in total. The summed E-state index contributed by atoms with van der Waals surface area (Å²) in [6.45, 7) is 0. The zero-order valence-corrected chi connectivity index (χ0v) is 15.1. The minimum absolute atomic E-state index is 0.308. The summed E-state index contributed by atoms with van der Waals surface area (Å²) >= 11 is 8.35. The fourth-order valence-electron chi connectivity index (χ4n) is 1.74. The van der Waals surface area contributed by atoms with E-state index in [1.807, 2.05) is 24.3 Å². The van der Waals surface area contributed by atoms with Gasteiger partial charge in [-0.3, -0.25) is 0 Å². The van der Waals surface area contributed by atoms with Crippen LogP contribution < -0.4 is 4.74 Å². The van der Waals surface area contributed by atoms with E-state index in [0.29, 0.717) is 11.3 Å². The highest BCUT2D eigenvalue weighted by atomic mass is 79.9. The summed E-state index contributed by atoms with van der Waals surface area (Å²) < 4.78 is 7.05. The number of carboxylic acids is 1. The molecule has 0 aromatic heterocycles. The maximum atomic E-state index is 11.3. The maximum absolute atomic E-state index is 11.3. The number of halogens is 2. The molecule has 0 amide bonds. The fourth-order valence-corrected chi connectivity index (χ4v) is 3.89. The number of carbonyl (C=O) groups is 1. The third-order valence-electron chi connectivity index (χ3n) is 2.81. The zero-order chi connectivity index (χ0) is 15.4. The summed E-state index contributed by atoms with van der Waals surface area (Å²) in [5, 5.41) is 9.23. The minimum atomic E-state index is -0.922. The van der Waals surface area contributed by atoms with E-state index in [2.05, 4.69) is 31.9 Å². The standard InChI is InChI=1S/C15H12Br2O3S/c1-20-11-3-5-13(17)9(6-11)8-21-14-7-10(16)2-4-12(14)15(18)19/h2-7H,8H2,1H3,(H,18,19). The highest BCUT2D eigenvalue weighted by Crippen LogP contribution is 2.32. The Morgan fingerprint density at radius 3 is 2.67 bits per heavy atom. The Hall–Kier alpha value is -0.980. The van der Waals surface area contributed by atoms with Gasteiger partial charge in [-0.1, -0.05) is 31.9 Å². The van der Waals surface area contributed by atoms with Crippen molar-refractivity contribution in [3.63, 3.8) is 0 Å². The first-order valence-corrected chi connectivity index (χ1v) is 8.56. The summed E-state index contributed by atoms with van der Waals surface area (Å²) in [5.74, 6) is 0.505. The summed E-state index contributed by atoms with van der Waals surface area (Å²) in [5.41, 5.74) is 1.36. The second kappa shape index (κ2) is 7.33. The van der Waals surface area contributed by atoms with Crippen LogP contribution >= 0.6 is 43.6 Å². The van der Waals surface area contributed by atoms with E-state index in [1.54, 1.807) is 19.2 Å². The molecule has 6 heteroatoms. The Morgan fingerprint density at radius 2 is 2.00 bits per heavy atom. The van der Waals surface area contributed by atoms with Crippen molar-refractivity contribution in [3.05, 3.63) is 56.5 Å². The molecule has 0 aliphatic rings. The zero-order valence-electron chi connectivity index (χ0n) is 11.1. The Kier molecular flexibility index (Phi) is 5.72. The number of benzene rings is 2. The second-order valence-corrected chi connectivity index (χ2v) is 6.98. The number of aromatic carboxylic acids is 1. The molecule has 0 unspecified atom stereocenters. The van der Waals surface area contributed by atoms with Crippen molar-refractivity contribution in [2.75, 3.05) is 7.11 Å². The van der Waals surface area contributed by atoms with E-state index in [4.69, 9.17) is 4.74 Å². The average molecular weight is 432 g/mol. The van der Waals surface area contributed by atoms with Crippen LogP contribution in [0, 0.1) is 0 Å². The molecule has 0 saturated carbocycles. The molecule has 0 aliphatic carbocycles. The van der Waals surface area contributed by atoms with Gasteiger partial charge in [0.1, 0.15) is 5.75 Å². The van der Waals surface area contributed by atoms with Gasteiger partial charge in [-0.2, -0.15) is 0 Å². The number of ether oxygens (including phenoxy) is 1. The summed E-state index contributed by atoms with van der Waals surface area (Å²) in [6.07, 6.45) is 0. The smallest absolute Gasteiger partial charge is 0.336 e. The van der Waals surface area contributed by atoms with Gasteiger partial charge in [0.15, 0.2) is 0 Å². The molecular formula is C15H12Br2O3S. The molecule has 0 aliphatic heterocycles. The molecule has 0 atom stereocenters. The predicted octanol–water partition coefficient (Wildman–Crippen LogP) is 5.21. The first kappa shape index (κ1) is 16.4. The molecular weight excluding hydrogens is 420 g/mol. The molecule has 21 heavy (non-hydrogen) atoms. The lowest BCUT2D eigenvalue weighted by Gasteiger charge is -2.09. The molecule has 2 aromatic rings. The van der Waals surface area contributed by atoms with Crippen LogP contribution in [0.15, 0.2) is 50.2 Å². The van der Waals surface area contributed by atoms with Crippen LogP contribution in [-0.4, -0.2) is 18.2 Å². The molecule has 2 aromatic carbocycles. The maximum Gasteiger partial charge on any atom is 0.336 e. The molecule has 110 valence electrons. The lowest BCUT2D eigenvalue weighted by Crippen LogP contribution is -1.99. The Morgan fingerprint density at radius 1 is 1.24 bits per heavy atom. The molecule has 2 rings (SSSR count). The van der Waals surface area contributed by atoms with E-state index in [-0.39, 0.29) is 0 Å².